The van der Waals surface area contributed by atoms with Crippen LogP contribution in [-0.4, -0.2) is 25.7 Å². The van der Waals surface area contributed by atoms with Crippen molar-refractivity contribution < 1.29 is 14.6 Å². The van der Waals surface area contributed by atoms with Crippen molar-refractivity contribution in [2.45, 2.75) is 31.9 Å². The number of ether oxygens (including phenoxy) is 1. The molecule has 0 fully saturated rings. The zero-order valence-electron chi connectivity index (χ0n) is 19.0. The van der Waals surface area contributed by atoms with Gasteiger partial charge < -0.3 is 15.2 Å². The lowest BCUT2D eigenvalue weighted by Crippen LogP contribution is -2.31. The third-order valence-electron chi connectivity index (χ3n) is 6.44. The van der Waals surface area contributed by atoms with Gasteiger partial charge in [0.25, 0.3) is 0 Å². The Morgan fingerprint density at radius 3 is 2.51 bits per heavy atom. The van der Waals surface area contributed by atoms with Gasteiger partial charge in [0.2, 0.25) is 5.95 Å². The second kappa shape index (κ2) is 8.76. The van der Waals surface area contributed by atoms with Crippen LogP contribution in [0.25, 0.3) is 11.4 Å². The zero-order chi connectivity index (χ0) is 23.8. The van der Waals surface area contributed by atoms with Crippen LogP contribution in [0, 0.1) is 0 Å². The smallest absolute Gasteiger partial charge is 0.226 e. The van der Waals surface area contributed by atoms with Crippen molar-refractivity contribution in [3.8, 4) is 22.9 Å². The molecule has 7 heteroatoms. The molecule has 4 aromatic rings. The van der Waals surface area contributed by atoms with E-state index in [4.69, 9.17) is 14.8 Å². The number of fused-ring (bicyclic) bond motifs is 1. The summed E-state index contributed by atoms with van der Waals surface area (Å²) in [5.74, 6) is 2.23. The summed E-state index contributed by atoms with van der Waals surface area (Å²) >= 11 is 0. The number of nitrogens with one attached hydrogen (secondary N) is 1. The molecule has 1 aliphatic carbocycles. The van der Waals surface area contributed by atoms with Crippen LogP contribution >= 0.6 is 0 Å². The number of nitrogens with zero attached hydrogens (tertiary/aromatic N) is 3. The van der Waals surface area contributed by atoms with Crippen molar-refractivity contribution in [1.29, 1.82) is 0 Å². The minimum Gasteiger partial charge on any atom is -0.508 e. The molecule has 1 aromatic heterocycles. The number of anilines is 1. The Hall–Kier alpha value is -4.39. The number of phenolic OH excluding ortho intramolecular Hbond substituents is 1. The molecule has 0 bridgehead atoms. The van der Waals surface area contributed by atoms with Gasteiger partial charge in [0.05, 0.1) is 0 Å². The van der Waals surface area contributed by atoms with E-state index in [1.54, 1.807) is 28.9 Å². The van der Waals surface area contributed by atoms with Crippen molar-refractivity contribution >= 4 is 11.7 Å². The summed E-state index contributed by atoms with van der Waals surface area (Å²) in [4.78, 5) is 17.8. The summed E-state index contributed by atoms with van der Waals surface area (Å²) in [6, 6.07) is 24.3. The fourth-order valence-electron chi connectivity index (χ4n) is 4.68. The maximum Gasteiger partial charge on any atom is 0.226 e. The molecule has 0 spiro atoms. The molecule has 174 valence electrons. The third-order valence-corrected chi connectivity index (χ3v) is 6.44. The van der Waals surface area contributed by atoms with E-state index >= 15 is 0 Å². The number of benzene rings is 3. The van der Waals surface area contributed by atoms with Crippen molar-refractivity contribution in [2.24, 2.45) is 0 Å². The first-order valence-corrected chi connectivity index (χ1v) is 11.7. The summed E-state index contributed by atoms with van der Waals surface area (Å²) in [6.45, 7) is 0.491. The molecule has 1 atom stereocenters. The van der Waals surface area contributed by atoms with Crippen molar-refractivity contribution in [2.75, 3.05) is 5.32 Å². The lowest BCUT2D eigenvalue weighted by molar-refractivity contribution is -0.116. The van der Waals surface area contributed by atoms with Gasteiger partial charge in [-0.15, -0.1) is 5.10 Å². The predicted octanol–water partition coefficient (Wildman–Crippen LogP) is 5.25. The molecular formula is C28H24N4O3. The second-order valence-corrected chi connectivity index (χ2v) is 8.79. The van der Waals surface area contributed by atoms with Crippen molar-refractivity contribution in [3.05, 3.63) is 101 Å². The van der Waals surface area contributed by atoms with Gasteiger partial charge in [-0.3, -0.25) is 4.79 Å². The molecule has 3 aromatic carbocycles. The average Bonchev–Trinajstić information content (AvgIpc) is 3.31. The van der Waals surface area contributed by atoms with E-state index in [1.165, 1.54) is 0 Å². The van der Waals surface area contributed by atoms with Gasteiger partial charge in [0.1, 0.15) is 24.1 Å². The van der Waals surface area contributed by atoms with E-state index in [0.717, 1.165) is 46.6 Å². The molecule has 35 heavy (non-hydrogen) atoms. The maximum absolute atomic E-state index is 13.1. The number of aromatic nitrogens is 3. The molecular weight excluding hydrogens is 440 g/mol. The standard InChI is InChI=1S/C28H24N4O3/c33-21-13-9-20(10-14-21)27-30-28-29-23-7-4-8-24(34)25(23)26(32(28)31-27)19-11-15-22(16-12-19)35-17-18-5-2-1-3-6-18/h1-3,5-6,9-16,26,33H,4,7-8,17H2,(H,29,30,31). The Morgan fingerprint density at radius 1 is 0.971 bits per heavy atom. The van der Waals surface area contributed by atoms with Crippen LogP contribution in [0.5, 0.6) is 11.5 Å². The lowest BCUT2D eigenvalue weighted by atomic mass is 9.85. The molecule has 0 amide bonds. The highest BCUT2D eigenvalue weighted by atomic mass is 16.5. The van der Waals surface area contributed by atoms with Gasteiger partial charge in [0.15, 0.2) is 11.6 Å². The Bertz CT molecular complexity index is 1410. The van der Waals surface area contributed by atoms with Crippen LogP contribution in [0.2, 0.25) is 0 Å². The Balaban J connectivity index is 1.35. The molecule has 6 rings (SSSR count). The normalized spacial score (nSPS) is 16.9. The number of hydrogen-bond donors (Lipinski definition) is 2. The van der Waals surface area contributed by atoms with Gasteiger partial charge >= 0.3 is 0 Å². The largest absolute Gasteiger partial charge is 0.508 e. The SMILES string of the molecule is O=C1CCCC2=C1C(c1ccc(OCc3ccccc3)cc1)n1nc(-c3ccc(O)cc3)nc1N2. The summed E-state index contributed by atoms with van der Waals surface area (Å²) in [5.41, 5.74) is 4.52. The van der Waals surface area contributed by atoms with Crippen molar-refractivity contribution in [3.63, 3.8) is 0 Å². The highest BCUT2D eigenvalue weighted by Crippen LogP contribution is 2.41. The first kappa shape index (κ1) is 21.2. The topological polar surface area (TPSA) is 89.3 Å². The lowest BCUT2D eigenvalue weighted by Gasteiger charge is -2.32. The van der Waals surface area contributed by atoms with Gasteiger partial charge in [-0.25, -0.2) is 4.68 Å². The summed E-state index contributed by atoms with van der Waals surface area (Å²) in [5, 5.41) is 17.8. The molecule has 0 saturated heterocycles. The number of aromatic hydroxyl groups is 1. The highest BCUT2D eigenvalue weighted by Gasteiger charge is 2.36. The van der Waals surface area contributed by atoms with Crippen molar-refractivity contribution in [1.82, 2.24) is 14.8 Å². The number of carbonyl (C=O) groups excluding carboxylic acids is 1. The van der Waals surface area contributed by atoms with Crippen LogP contribution in [0.3, 0.4) is 0 Å². The number of phenols is 1. The number of carbonyl (C=O) groups is 1. The average molecular weight is 465 g/mol. The van der Waals surface area contributed by atoms with E-state index in [-0.39, 0.29) is 17.6 Å². The summed E-state index contributed by atoms with van der Waals surface area (Å²) < 4.78 is 7.75. The Labute approximate surface area is 202 Å². The molecule has 2 aliphatic rings. The monoisotopic (exact) mass is 464 g/mol. The predicted molar refractivity (Wildman–Crippen MR) is 132 cm³/mol. The minimum absolute atomic E-state index is 0.139. The number of hydrogen-bond acceptors (Lipinski definition) is 6. The molecule has 2 N–H and O–H groups in total. The first-order chi connectivity index (χ1) is 17.2. The second-order valence-electron chi connectivity index (χ2n) is 8.79. The van der Waals surface area contributed by atoms with E-state index in [9.17, 15) is 9.90 Å². The Morgan fingerprint density at radius 2 is 1.74 bits per heavy atom. The van der Waals surface area contributed by atoms with Crippen LogP contribution in [0.4, 0.5) is 5.95 Å². The van der Waals surface area contributed by atoms with E-state index in [0.29, 0.717) is 24.8 Å². The van der Waals surface area contributed by atoms with Crippen LogP contribution in [0.1, 0.15) is 36.4 Å². The molecule has 0 saturated carbocycles. The zero-order valence-corrected chi connectivity index (χ0v) is 19.0. The van der Waals surface area contributed by atoms with Gasteiger partial charge in [-0.1, -0.05) is 42.5 Å². The minimum atomic E-state index is -0.365. The number of rotatable bonds is 5. The summed E-state index contributed by atoms with van der Waals surface area (Å²) in [7, 11) is 0. The molecule has 1 aliphatic heterocycles. The first-order valence-electron chi connectivity index (χ1n) is 11.7. The van der Waals surface area contributed by atoms with Crippen LogP contribution in [-0.2, 0) is 11.4 Å². The number of Topliss-reactive ketones (excluding diaryl/α,β-unsaturated/α-hetero) is 1. The molecule has 7 nitrogen and oxygen atoms in total. The fourth-order valence-corrected chi connectivity index (χ4v) is 4.68. The van der Waals surface area contributed by atoms with Gasteiger partial charge in [0, 0.05) is 23.3 Å². The Kier molecular flexibility index (Phi) is 5.29. The van der Waals surface area contributed by atoms with Crippen LogP contribution < -0.4 is 10.1 Å². The fraction of sp³-hybridized carbons (Fsp3) is 0.179. The van der Waals surface area contributed by atoms with Gasteiger partial charge in [-0.05, 0) is 60.4 Å². The maximum atomic E-state index is 13.1. The van der Waals surface area contributed by atoms with E-state index in [1.807, 2.05) is 54.6 Å². The molecule has 0 radical (unpaired) electrons. The van der Waals surface area contributed by atoms with Crippen LogP contribution in [0.15, 0.2) is 90.1 Å². The highest BCUT2D eigenvalue weighted by molar-refractivity contribution is 5.99. The van der Waals surface area contributed by atoms with Gasteiger partial charge in [-0.2, -0.15) is 4.98 Å². The summed E-state index contributed by atoms with van der Waals surface area (Å²) in [6.07, 6.45) is 2.16. The quantitative estimate of drug-likeness (QED) is 0.419. The van der Waals surface area contributed by atoms with E-state index < -0.39 is 0 Å². The molecule has 1 unspecified atom stereocenters. The number of ketones is 1. The molecule has 2 heterocycles. The van der Waals surface area contributed by atoms with E-state index in [2.05, 4.69) is 5.32 Å². The number of allylic oxidation sites excluding steroid dienone is 2. The third kappa shape index (κ3) is 4.05.